The van der Waals surface area contributed by atoms with E-state index < -0.39 is 16.0 Å². The maximum atomic E-state index is 12.4. The molecule has 1 N–H and O–H groups in total. The van der Waals surface area contributed by atoms with Crippen LogP contribution in [-0.4, -0.2) is 36.9 Å². The molecule has 0 bridgehead atoms. The van der Waals surface area contributed by atoms with E-state index in [4.69, 9.17) is 5.11 Å². The van der Waals surface area contributed by atoms with Crippen molar-refractivity contribution in [3.63, 3.8) is 0 Å². The lowest BCUT2D eigenvalue weighted by molar-refractivity contribution is -0.136. The number of nitrogens with zero attached hydrogens (tertiary/aromatic N) is 1. The van der Waals surface area contributed by atoms with Gasteiger partial charge in [0.15, 0.2) is 0 Å². The van der Waals surface area contributed by atoms with Crippen molar-refractivity contribution in [2.75, 3.05) is 13.1 Å². The van der Waals surface area contributed by atoms with Gasteiger partial charge >= 0.3 is 5.97 Å². The van der Waals surface area contributed by atoms with E-state index in [1.807, 2.05) is 13.8 Å². The molecule has 112 valence electrons. The molecule has 0 fully saturated rings. The van der Waals surface area contributed by atoms with Gasteiger partial charge in [-0.1, -0.05) is 26.0 Å². The van der Waals surface area contributed by atoms with Crippen LogP contribution in [0.5, 0.6) is 0 Å². The van der Waals surface area contributed by atoms with Gasteiger partial charge < -0.3 is 5.11 Å². The molecule has 0 saturated heterocycles. The van der Waals surface area contributed by atoms with Gasteiger partial charge in [-0.15, -0.1) is 0 Å². The van der Waals surface area contributed by atoms with Crippen molar-refractivity contribution >= 4 is 16.0 Å². The Kier molecular flexibility index (Phi) is 6.16. The lowest BCUT2D eigenvalue weighted by atomic mass is 10.1. The molecule has 0 aliphatic heterocycles. The summed E-state index contributed by atoms with van der Waals surface area (Å²) in [6, 6.07) is 6.45. The second-order valence-electron chi connectivity index (χ2n) is 4.53. The predicted octanol–water partition coefficient (Wildman–Crippen LogP) is 2.12. The first-order valence-electron chi connectivity index (χ1n) is 6.72. The summed E-state index contributed by atoms with van der Waals surface area (Å²) in [4.78, 5) is 10.8. The Balaban J connectivity index is 2.88. The second kappa shape index (κ2) is 7.40. The number of benzene rings is 1. The normalized spacial score (nSPS) is 11.8. The van der Waals surface area contributed by atoms with E-state index in [0.29, 0.717) is 19.5 Å². The minimum absolute atomic E-state index is 0.0447. The number of hydrogen-bond donors (Lipinski definition) is 1. The number of aryl methyl sites for hydroxylation is 1. The van der Waals surface area contributed by atoms with Crippen molar-refractivity contribution in [1.29, 1.82) is 0 Å². The summed E-state index contributed by atoms with van der Waals surface area (Å²) in [5.74, 6) is -0.859. The van der Waals surface area contributed by atoms with E-state index >= 15 is 0 Å². The van der Waals surface area contributed by atoms with Crippen molar-refractivity contribution in [2.45, 2.75) is 38.0 Å². The number of carboxylic acids is 1. The molecule has 0 heterocycles. The fraction of sp³-hybridized carbons (Fsp3) is 0.500. The Morgan fingerprint density at radius 3 is 2.25 bits per heavy atom. The fourth-order valence-electron chi connectivity index (χ4n) is 1.93. The summed E-state index contributed by atoms with van der Waals surface area (Å²) in [7, 11) is -3.44. The quantitative estimate of drug-likeness (QED) is 0.798. The van der Waals surface area contributed by atoms with Gasteiger partial charge in [-0.2, -0.15) is 4.31 Å². The van der Waals surface area contributed by atoms with Gasteiger partial charge in [0.25, 0.3) is 0 Å². The summed E-state index contributed by atoms with van der Waals surface area (Å²) in [6.07, 6.45) is 1.22. The number of rotatable bonds is 8. The van der Waals surface area contributed by atoms with E-state index in [1.54, 1.807) is 24.3 Å². The van der Waals surface area contributed by atoms with Crippen molar-refractivity contribution in [3.8, 4) is 0 Å². The smallest absolute Gasteiger partial charge is 0.303 e. The third-order valence-corrected chi connectivity index (χ3v) is 5.00. The zero-order valence-electron chi connectivity index (χ0n) is 11.9. The Labute approximate surface area is 120 Å². The molecule has 0 aliphatic carbocycles. The summed E-state index contributed by atoms with van der Waals surface area (Å²) in [5.41, 5.74) is 0.824. The third-order valence-electron chi connectivity index (χ3n) is 3.01. The molecule has 0 aliphatic rings. The molecule has 1 aromatic rings. The molecule has 0 unspecified atom stereocenters. The first-order chi connectivity index (χ1) is 9.41. The van der Waals surface area contributed by atoms with Gasteiger partial charge in [0.05, 0.1) is 4.90 Å². The maximum Gasteiger partial charge on any atom is 0.303 e. The highest BCUT2D eigenvalue weighted by molar-refractivity contribution is 7.89. The summed E-state index contributed by atoms with van der Waals surface area (Å²) < 4.78 is 26.2. The number of carboxylic acid groups (broad SMARTS) is 1. The topological polar surface area (TPSA) is 74.7 Å². The van der Waals surface area contributed by atoms with Gasteiger partial charge in [0.1, 0.15) is 0 Å². The Hall–Kier alpha value is -1.40. The van der Waals surface area contributed by atoms with Crippen molar-refractivity contribution < 1.29 is 18.3 Å². The van der Waals surface area contributed by atoms with Gasteiger partial charge in [0, 0.05) is 19.5 Å². The van der Waals surface area contributed by atoms with E-state index in [2.05, 4.69) is 0 Å². The second-order valence-corrected chi connectivity index (χ2v) is 6.47. The highest BCUT2D eigenvalue weighted by Gasteiger charge is 2.21. The van der Waals surface area contributed by atoms with Crippen LogP contribution in [0.4, 0.5) is 0 Å². The van der Waals surface area contributed by atoms with Crippen LogP contribution in [0.2, 0.25) is 0 Å². The maximum absolute atomic E-state index is 12.4. The number of hydrogen-bond acceptors (Lipinski definition) is 3. The van der Waals surface area contributed by atoms with Crippen LogP contribution in [0.15, 0.2) is 29.2 Å². The van der Waals surface area contributed by atoms with Crippen LogP contribution in [-0.2, 0) is 21.2 Å². The zero-order valence-corrected chi connectivity index (χ0v) is 12.7. The minimum atomic E-state index is -3.44. The molecule has 6 heteroatoms. The molecule has 0 aromatic heterocycles. The standard InChI is InChI=1S/C14H21NO4S/c1-3-11-15(4-2)20(18,19)13-8-5-12(6-9-13)7-10-14(16)17/h5-6,8-9H,3-4,7,10-11H2,1-2H3,(H,16,17). The summed E-state index contributed by atoms with van der Waals surface area (Å²) in [5, 5.41) is 8.62. The first kappa shape index (κ1) is 16.7. The largest absolute Gasteiger partial charge is 0.481 e. The molecule has 5 nitrogen and oxygen atoms in total. The average molecular weight is 299 g/mol. The summed E-state index contributed by atoms with van der Waals surface area (Å²) >= 11 is 0. The van der Waals surface area contributed by atoms with E-state index in [-0.39, 0.29) is 11.3 Å². The van der Waals surface area contributed by atoms with Gasteiger partial charge in [-0.3, -0.25) is 4.79 Å². The van der Waals surface area contributed by atoms with Crippen LogP contribution in [0.3, 0.4) is 0 Å². The van der Waals surface area contributed by atoms with Gasteiger partial charge in [0.2, 0.25) is 10.0 Å². The highest BCUT2D eigenvalue weighted by Crippen LogP contribution is 2.17. The van der Waals surface area contributed by atoms with Crippen LogP contribution in [0.1, 0.15) is 32.3 Å². The van der Waals surface area contributed by atoms with E-state index in [0.717, 1.165) is 12.0 Å². The molecule has 1 aromatic carbocycles. The Morgan fingerprint density at radius 2 is 1.80 bits per heavy atom. The van der Waals surface area contributed by atoms with Crippen LogP contribution in [0, 0.1) is 0 Å². The predicted molar refractivity (Wildman–Crippen MR) is 77.1 cm³/mol. The monoisotopic (exact) mass is 299 g/mol. The SMILES string of the molecule is CCCN(CC)S(=O)(=O)c1ccc(CCC(=O)O)cc1. The molecular formula is C14H21NO4S. The van der Waals surface area contributed by atoms with Crippen LogP contribution >= 0.6 is 0 Å². The molecule has 0 atom stereocenters. The highest BCUT2D eigenvalue weighted by atomic mass is 32.2. The van der Waals surface area contributed by atoms with E-state index in [9.17, 15) is 13.2 Å². The minimum Gasteiger partial charge on any atom is -0.481 e. The van der Waals surface area contributed by atoms with Crippen LogP contribution in [0.25, 0.3) is 0 Å². The molecule has 20 heavy (non-hydrogen) atoms. The van der Waals surface area contributed by atoms with Gasteiger partial charge in [-0.25, -0.2) is 8.42 Å². The molecular weight excluding hydrogens is 278 g/mol. The Bertz CT molecular complexity index is 537. The fourth-order valence-corrected chi connectivity index (χ4v) is 3.47. The molecule has 1 rings (SSSR count). The van der Waals surface area contributed by atoms with Crippen molar-refractivity contribution in [2.24, 2.45) is 0 Å². The molecule has 0 amide bonds. The zero-order chi connectivity index (χ0) is 15.2. The van der Waals surface area contributed by atoms with Gasteiger partial charge in [-0.05, 0) is 30.5 Å². The Morgan fingerprint density at radius 1 is 1.20 bits per heavy atom. The molecule has 0 radical (unpaired) electrons. The first-order valence-corrected chi connectivity index (χ1v) is 8.16. The molecule has 0 spiro atoms. The van der Waals surface area contributed by atoms with Crippen molar-refractivity contribution in [3.05, 3.63) is 29.8 Å². The average Bonchev–Trinajstić information content (AvgIpc) is 2.42. The lowest BCUT2D eigenvalue weighted by Gasteiger charge is -2.19. The van der Waals surface area contributed by atoms with Crippen molar-refractivity contribution in [1.82, 2.24) is 4.31 Å². The molecule has 0 saturated carbocycles. The number of carbonyl (C=O) groups is 1. The third kappa shape index (κ3) is 4.31. The van der Waals surface area contributed by atoms with Crippen LogP contribution < -0.4 is 0 Å². The summed E-state index contributed by atoms with van der Waals surface area (Å²) in [6.45, 7) is 4.69. The number of sulfonamides is 1. The van der Waals surface area contributed by atoms with E-state index in [1.165, 1.54) is 4.31 Å². The number of aliphatic carboxylic acids is 1. The lowest BCUT2D eigenvalue weighted by Crippen LogP contribution is -2.31.